The first-order chi connectivity index (χ1) is 18.4. The van der Waals surface area contributed by atoms with Crippen molar-refractivity contribution in [3.8, 4) is 11.4 Å². The summed E-state index contributed by atoms with van der Waals surface area (Å²) in [5.41, 5.74) is 9.77. The molecule has 4 rings (SSSR count). The molecule has 1 unspecified atom stereocenters. The van der Waals surface area contributed by atoms with Crippen LogP contribution in [-0.4, -0.2) is 41.7 Å². The van der Waals surface area contributed by atoms with E-state index < -0.39 is 6.10 Å². The molecule has 3 aromatic rings. The van der Waals surface area contributed by atoms with Gasteiger partial charge < -0.3 is 24.0 Å². The molecule has 0 saturated carbocycles. The molecule has 0 aliphatic carbocycles. The van der Waals surface area contributed by atoms with Crippen molar-refractivity contribution in [2.24, 2.45) is 0 Å². The number of pyridine rings is 2. The zero-order valence-electron chi connectivity index (χ0n) is 24.1. The van der Waals surface area contributed by atoms with E-state index in [1.54, 1.807) is 17.7 Å². The fourth-order valence-corrected chi connectivity index (χ4v) is 4.72. The average molecular weight is 526 g/mol. The number of nitrogens with zero attached hydrogens (tertiary/aromatic N) is 2. The summed E-state index contributed by atoms with van der Waals surface area (Å²) in [7, 11) is 3.23. The lowest BCUT2D eigenvalue weighted by Crippen LogP contribution is -2.26. The predicted molar refractivity (Wildman–Crippen MR) is 152 cm³/mol. The molecule has 0 spiro atoms. The average Bonchev–Trinajstić information content (AvgIpc) is 3.30. The Hall–Kier alpha value is -2.91. The van der Waals surface area contributed by atoms with Crippen LogP contribution in [0.4, 0.5) is 0 Å². The van der Waals surface area contributed by atoms with Gasteiger partial charge in [-0.05, 0) is 68.0 Å². The minimum absolute atomic E-state index is 0.0157. The van der Waals surface area contributed by atoms with Crippen molar-refractivity contribution in [2.45, 2.75) is 80.1 Å². The van der Waals surface area contributed by atoms with Crippen molar-refractivity contribution < 1.29 is 19.5 Å². The van der Waals surface area contributed by atoms with Crippen LogP contribution in [0.5, 0.6) is 0 Å². The molecule has 38 heavy (non-hydrogen) atoms. The van der Waals surface area contributed by atoms with Gasteiger partial charge in [0.2, 0.25) is 0 Å². The number of unbranched alkanes of at least 4 members (excludes halogenated alkanes) is 1. The molecular weight excluding hydrogens is 482 g/mol. The highest BCUT2D eigenvalue weighted by atomic mass is 16.6. The molecule has 8 nitrogen and oxygen atoms in total. The zero-order valence-corrected chi connectivity index (χ0v) is 24.1. The minimum atomic E-state index is -1.40. The van der Waals surface area contributed by atoms with E-state index >= 15 is 0 Å². The van der Waals surface area contributed by atoms with E-state index in [1.165, 1.54) is 18.2 Å². The van der Waals surface area contributed by atoms with E-state index in [1.807, 2.05) is 27.7 Å². The number of aliphatic hydroxyl groups excluding tert-OH is 1. The molecule has 0 saturated heterocycles. The van der Waals surface area contributed by atoms with E-state index in [9.17, 15) is 14.7 Å². The van der Waals surface area contributed by atoms with E-state index in [-0.39, 0.29) is 17.7 Å². The molecule has 0 bridgehead atoms. The number of carbonyl (C=O) groups is 1. The van der Waals surface area contributed by atoms with Crippen LogP contribution in [0.3, 0.4) is 0 Å². The Morgan fingerprint density at radius 1 is 1.11 bits per heavy atom. The molecule has 2 N–H and O–H groups in total. The number of aryl methyl sites for hydroxylation is 3. The summed E-state index contributed by atoms with van der Waals surface area (Å²) in [6, 6.07) is 5.98. The van der Waals surface area contributed by atoms with Gasteiger partial charge in [-0.3, -0.25) is 4.79 Å². The molecule has 1 aliphatic rings. The van der Waals surface area contributed by atoms with Crippen LogP contribution >= 0.6 is 0 Å². The van der Waals surface area contributed by atoms with Crippen LogP contribution in [0.1, 0.15) is 80.0 Å². The third-order valence-corrected chi connectivity index (χ3v) is 6.62. The van der Waals surface area contributed by atoms with Gasteiger partial charge in [-0.2, -0.15) is 0 Å². The number of carbonyl (C=O) groups excluding carboxylic acids is 1. The Morgan fingerprint density at radius 3 is 2.42 bits per heavy atom. The number of benzene rings is 1. The van der Waals surface area contributed by atoms with Gasteiger partial charge in [0.05, 0.1) is 36.7 Å². The number of hydroxylamine groups is 1. The largest absolute Gasteiger partial charge is 0.381 e. The highest BCUT2D eigenvalue weighted by Gasteiger charge is 2.29. The zero-order chi connectivity index (χ0) is 28.4. The SMILES string of the molecule is CC.CC.CNOCCCCc1c2c(nc3cc(C)c(C)cc13)-c1cc(C(O)C=O)c(COC)c(=O)n1C2. The Kier molecular flexibility index (Phi) is 12.3. The van der Waals surface area contributed by atoms with Crippen molar-refractivity contribution in [2.75, 3.05) is 20.8 Å². The van der Waals surface area contributed by atoms with Gasteiger partial charge in [0.25, 0.3) is 5.56 Å². The number of hydrogen-bond acceptors (Lipinski definition) is 7. The summed E-state index contributed by atoms with van der Waals surface area (Å²) >= 11 is 0. The van der Waals surface area contributed by atoms with Crippen LogP contribution in [-0.2, 0) is 33.9 Å². The van der Waals surface area contributed by atoms with E-state index in [4.69, 9.17) is 14.6 Å². The maximum atomic E-state index is 13.4. The van der Waals surface area contributed by atoms with E-state index in [0.717, 1.165) is 47.0 Å². The van der Waals surface area contributed by atoms with Crippen LogP contribution in [0, 0.1) is 13.8 Å². The Balaban J connectivity index is 0.00000121. The monoisotopic (exact) mass is 525 g/mol. The number of ether oxygens (including phenoxy) is 1. The van der Waals surface area contributed by atoms with Gasteiger partial charge in [0.15, 0.2) is 6.29 Å². The second kappa shape index (κ2) is 14.9. The van der Waals surface area contributed by atoms with E-state index in [0.29, 0.717) is 30.7 Å². The normalized spacial score (nSPS) is 12.1. The van der Waals surface area contributed by atoms with Crippen molar-refractivity contribution in [3.63, 3.8) is 0 Å². The summed E-state index contributed by atoms with van der Waals surface area (Å²) in [6.45, 7) is 13.2. The lowest BCUT2D eigenvalue weighted by atomic mass is 9.94. The van der Waals surface area contributed by atoms with Crippen LogP contribution in [0.2, 0.25) is 0 Å². The maximum absolute atomic E-state index is 13.4. The quantitative estimate of drug-likeness (QED) is 0.172. The number of aldehydes is 1. The molecule has 0 radical (unpaired) electrons. The smallest absolute Gasteiger partial charge is 0.257 e. The Labute approximate surface area is 226 Å². The second-order valence-electron chi connectivity index (χ2n) is 8.75. The standard InChI is InChI=1S/C26H31N3O5.2C2H6/c1-15-9-18-17(7-5-6-8-34-27-3)20-12-29-23(25(20)28-22(18)10-16(15)2)11-19(24(31)13-30)21(14-33-4)26(29)32;2*1-2/h9-11,13,24,27,31H,5-8,12,14H2,1-4H3;2*1-2H3. The Morgan fingerprint density at radius 2 is 1.79 bits per heavy atom. The summed E-state index contributed by atoms with van der Waals surface area (Å²) in [5.74, 6) is 0. The minimum Gasteiger partial charge on any atom is -0.381 e. The molecule has 3 heterocycles. The van der Waals surface area contributed by atoms with Gasteiger partial charge in [-0.15, -0.1) is 0 Å². The third kappa shape index (κ3) is 6.38. The van der Waals surface area contributed by atoms with Crippen molar-refractivity contribution >= 4 is 17.2 Å². The number of rotatable bonds is 10. The first kappa shape index (κ1) is 31.3. The molecule has 2 aromatic heterocycles. The number of hydrogen-bond donors (Lipinski definition) is 2. The molecule has 1 aromatic carbocycles. The van der Waals surface area contributed by atoms with Crippen molar-refractivity contribution in [3.05, 3.63) is 61.9 Å². The van der Waals surface area contributed by atoms with Gasteiger partial charge in [0, 0.05) is 36.2 Å². The van der Waals surface area contributed by atoms with E-state index in [2.05, 4.69) is 31.5 Å². The van der Waals surface area contributed by atoms with Crippen molar-refractivity contribution in [1.29, 1.82) is 0 Å². The summed E-state index contributed by atoms with van der Waals surface area (Å²) < 4.78 is 6.89. The summed E-state index contributed by atoms with van der Waals surface area (Å²) in [6.07, 6.45) is 1.68. The lowest BCUT2D eigenvalue weighted by molar-refractivity contribution is -0.115. The van der Waals surface area contributed by atoms with Crippen LogP contribution in [0.25, 0.3) is 22.3 Å². The second-order valence-corrected chi connectivity index (χ2v) is 8.75. The van der Waals surface area contributed by atoms with Gasteiger partial charge in [0.1, 0.15) is 6.10 Å². The molecule has 208 valence electrons. The van der Waals surface area contributed by atoms with Gasteiger partial charge in [-0.1, -0.05) is 27.7 Å². The molecular formula is C30H43N3O5. The molecule has 0 amide bonds. The summed E-state index contributed by atoms with van der Waals surface area (Å²) in [4.78, 5) is 35.0. The lowest BCUT2D eigenvalue weighted by Gasteiger charge is -2.14. The number of aliphatic hydroxyl groups is 1. The third-order valence-electron chi connectivity index (χ3n) is 6.62. The highest BCUT2D eigenvalue weighted by molar-refractivity contribution is 5.89. The van der Waals surface area contributed by atoms with Crippen molar-refractivity contribution in [1.82, 2.24) is 15.0 Å². The number of methoxy groups -OCH3 is 1. The fraction of sp³-hybridized carbons (Fsp3) is 0.500. The first-order valence-corrected chi connectivity index (χ1v) is 13.5. The highest BCUT2D eigenvalue weighted by Crippen LogP contribution is 2.38. The number of nitrogens with one attached hydrogen (secondary N) is 1. The fourth-order valence-electron chi connectivity index (χ4n) is 4.72. The molecule has 8 heteroatoms. The van der Waals surface area contributed by atoms with Crippen LogP contribution < -0.4 is 11.0 Å². The summed E-state index contributed by atoms with van der Waals surface area (Å²) in [5, 5.41) is 11.4. The number of fused-ring (bicyclic) bond motifs is 4. The number of aromatic nitrogens is 2. The van der Waals surface area contributed by atoms with Gasteiger partial charge >= 0.3 is 0 Å². The Bertz CT molecular complexity index is 1300. The maximum Gasteiger partial charge on any atom is 0.257 e. The molecule has 1 aliphatic heterocycles. The predicted octanol–water partition coefficient (Wildman–Crippen LogP) is 4.95. The molecule has 1 atom stereocenters. The first-order valence-electron chi connectivity index (χ1n) is 13.5. The van der Waals surface area contributed by atoms with Gasteiger partial charge in [-0.25, -0.2) is 10.5 Å². The molecule has 0 fully saturated rings. The van der Waals surface area contributed by atoms with Crippen LogP contribution in [0.15, 0.2) is 23.0 Å². The topological polar surface area (TPSA) is 103 Å².